The summed E-state index contributed by atoms with van der Waals surface area (Å²) in [5.74, 6) is -0.218. The van der Waals surface area contributed by atoms with Gasteiger partial charge in [-0.05, 0) is 23.8 Å². The first-order valence-corrected chi connectivity index (χ1v) is 7.30. The number of nitrogens with one attached hydrogen (secondary N) is 2. The number of nitrogens with zero attached hydrogens (tertiary/aromatic N) is 3. The number of alkyl halides is 1. The van der Waals surface area contributed by atoms with E-state index in [-0.39, 0.29) is 25.4 Å². The van der Waals surface area contributed by atoms with Crippen molar-refractivity contribution in [2.45, 2.75) is 25.2 Å². The summed E-state index contributed by atoms with van der Waals surface area (Å²) < 4.78 is 14.7. The Bertz CT molecular complexity index is 663. The third kappa shape index (κ3) is 3.26. The normalized spacial score (nSPS) is 21.0. The number of carbonyl (C=O) groups is 1. The lowest BCUT2D eigenvalue weighted by Gasteiger charge is -2.13. The van der Waals surface area contributed by atoms with Crippen LogP contribution < -0.4 is 10.6 Å². The topological polar surface area (TPSA) is 71.8 Å². The minimum atomic E-state index is -0.965. The molecule has 2 aromatic rings. The van der Waals surface area contributed by atoms with E-state index in [0.717, 1.165) is 11.3 Å². The molecular formula is C14H15ClFN5O. The molecule has 0 unspecified atom stereocenters. The quantitative estimate of drug-likeness (QED) is 0.888. The fourth-order valence-corrected chi connectivity index (χ4v) is 2.64. The first kappa shape index (κ1) is 14.9. The molecule has 1 saturated heterocycles. The highest BCUT2D eigenvalue weighted by Gasteiger charge is 2.29. The Morgan fingerprint density at radius 3 is 3.09 bits per heavy atom. The summed E-state index contributed by atoms with van der Waals surface area (Å²) in [6.07, 6.45) is 2.24. The number of carbonyl (C=O) groups excluding carboxylic acids is 1. The molecule has 0 radical (unpaired) electrons. The van der Waals surface area contributed by atoms with E-state index in [9.17, 15) is 9.18 Å². The maximum atomic E-state index is 13.1. The lowest BCUT2D eigenvalue weighted by Crippen LogP contribution is -2.40. The number of benzene rings is 1. The van der Waals surface area contributed by atoms with E-state index in [1.54, 1.807) is 23.1 Å². The third-order valence-electron chi connectivity index (χ3n) is 3.55. The van der Waals surface area contributed by atoms with Gasteiger partial charge in [-0.2, -0.15) is 5.10 Å². The van der Waals surface area contributed by atoms with Crippen LogP contribution >= 0.6 is 11.6 Å². The number of hydrogen-bond acceptors (Lipinski definition) is 4. The Kier molecular flexibility index (Phi) is 4.35. The Morgan fingerprint density at radius 1 is 1.55 bits per heavy atom. The van der Waals surface area contributed by atoms with Crippen LogP contribution in [0.15, 0.2) is 30.9 Å². The van der Waals surface area contributed by atoms with Gasteiger partial charge in [0.05, 0.1) is 11.7 Å². The summed E-state index contributed by atoms with van der Waals surface area (Å²) in [4.78, 5) is 15.9. The molecule has 1 aliphatic rings. The molecule has 3 rings (SSSR count). The van der Waals surface area contributed by atoms with Gasteiger partial charge in [0.1, 0.15) is 18.8 Å². The summed E-state index contributed by atoms with van der Waals surface area (Å²) in [5.41, 5.74) is 1.59. The fourth-order valence-electron chi connectivity index (χ4n) is 2.45. The average Bonchev–Trinajstić information content (AvgIpc) is 3.16. The Labute approximate surface area is 131 Å². The molecule has 1 aliphatic heterocycles. The average molecular weight is 324 g/mol. The lowest BCUT2D eigenvalue weighted by atomic mass is 10.1. The van der Waals surface area contributed by atoms with Crippen LogP contribution in [0.5, 0.6) is 0 Å². The maximum Gasteiger partial charge on any atom is 0.237 e. The van der Waals surface area contributed by atoms with Gasteiger partial charge in [-0.25, -0.2) is 14.1 Å². The zero-order valence-corrected chi connectivity index (χ0v) is 12.4. The molecular weight excluding hydrogens is 309 g/mol. The molecule has 1 fully saturated rings. The van der Waals surface area contributed by atoms with Crippen molar-refractivity contribution in [3.05, 3.63) is 41.4 Å². The van der Waals surface area contributed by atoms with Gasteiger partial charge in [-0.15, -0.1) is 0 Å². The van der Waals surface area contributed by atoms with Crippen molar-refractivity contribution in [2.75, 3.05) is 6.54 Å². The van der Waals surface area contributed by atoms with E-state index in [2.05, 4.69) is 20.7 Å². The minimum absolute atomic E-state index is 0.206. The highest BCUT2D eigenvalue weighted by Crippen LogP contribution is 2.19. The predicted molar refractivity (Wildman–Crippen MR) is 79.5 cm³/mol. The van der Waals surface area contributed by atoms with Crippen LogP contribution in [0.3, 0.4) is 0 Å². The van der Waals surface area contributed by atoms with Crippen molar-refractivity contribution in [3.8, 4) is 5.69 Å². The van der Waals surface area contributed by atoms with E-state index in [1.807, 2.05) is 6.07 Å². The maximum absolute atomic E-state index is 13.1. The van der Waals surface area contributed by atoms with Crippen LogP contribution in [0.25, 0.3) is 5.69 Å². The second kappa shape index (κ2) is 6.41. The molecule has 2 N–H and O–H groups in total. The van der Waals surface area contributed by atoms with Gasteiger partial charge in [0.25, 0.3) is 0 Å². The zero-order valence-electron chi connectivity index (χ0n) is 11.7. The number of halogens is 2. The van der Waals surface area contributed by atoms with Gasteiger partial charge >= 0.3 is 0 Å². The van der Waals surface area contributed by atoms with Crippen LogP contribution in [0.2, 0.25) is 5.02 Å². The first-order valence-electron chi connectivity index (χ1n) is 6.92. The summed E-state index contributed by atoms with van der Waals surface area (Å²) in [5, 5.41) is 10.3. The molecule has 1 aromatic carbocycles. The van der Waals surface area contributed by atoms with Crippen molar-refractivity contribution in [1.29, 1.82) is 0 Å². The highest BCUT2D eigenvalue weighted by atomic mass is 35.5. The number of amides is 1. The lowest BCUT2D eigenvalue weighted by molar-refractivity contribution is -0.123. The van der Waals surface area contributed by atoms with Crippen molar-refractivity contribution in [3.63, 3.8) is 0 Å². The van der Waals surface area contributed by atoms with E-state index in [1.165, 1.54) is 6.33 Å². The molecule has 2 heterocycles. The molecule has 0 aliphatic carbocycles. The molecule has 8 heteroatoms. The highest BCUT2D eigenvalue weighted by molar-refractivity contribution is 6.30. The molecule has 6 nitrogen and oxygen atoms in total. The first-order chi connectivity index (χ1) is 10.6. The van der Waals surface area contributed by atoms with Crippen LogP contribution in [-0.4, -0.2) is 39.4 Å². The second-order valence-corrected chi connectivity index (χ2v) is 5.56. The van der Waals surface area contributed by atoms with Gasteiger partial charge < -0.3 is 10.6 Å². The van der Waals surface area contributed by atoms with Gasteiger partial charge in [-0.1, -0.05) is 11.6 Å². The Morgan fingerprint density at radius 2 is 2.41 bits per heavy atom. The molecule has 0 spiro atoms. The van der Waals surface area contributed by atoms with Gasteiger partial charge in [0, 0.05) is 24.5 Å². The van der Waals surface area contributed by atoms with Crippen molar-refractivity contribution in [1.82, 2.24) is 25.4 Å². The molecule has 0 bridgehead atoms. The summed E-state index contributed by atoms with van der Waals surface area (Å²) in [6, 6.07) is 4.84. The molecule has 0 saturated carbocycles. The second-order valence-electron chi connectivity index (χ2n) is 5.12. The zero-order chi connectivity index (χ0) is 15.5. The Hall–Kier alpha value is -1.99. The van der Waals surface area contributed by atoms with Crippen LogP contribution in [0, 0.1) is 0 Å². The summed E-state index contributed by atoms with van der Waals surface area (Å²) >= 11 is 6.02. The summed E-state index contributed by atoms with van der Waals surface area (Å²) in [6.45, 7) is 0.503. The third-order valence-corrected chi connectivity index (χ3v) is 3.79. The monoisotopic (exact) mass is 323 g/mol. The summed E-state index contributed by atoms with van der Waals surface area (Å²) in [7, 11) is 0. The fraction of sp³-hybridized carbons (Fsp3) is 0.357. The molecule has 22 heavy (non-hydrogen) atoms. The van der Waals surface area contributed by atoms with Crippen molar-refractivity contribution >= 4 is 17.5 Å². The van der Waals surface area contributed by atoms with E-state index < -0.39 is 12.2 Å². The SMILES string of the molecule is O=C(NCc1cc(Cl)ccc1-n1cncn1)[C@@H]1C[C@@H](F)CN1. The molecule has 116 valence electrons. The van der Waals surface area contributed by atoms with Crippen molar-refractivity contribution in [2.24, 2.45) is 0 Å². The minimum Gasteiger partial charge on any atom is -0.351 e. The molecule has 2 atom stereocenters. The number of aromatic nitrogens is 3. The van der Waals surface area contributed by atoms with Crippen LogP contribution in [-0.2, 0) is 11.3 Å². The van der Waals surface area contributed by atoms with Gasteiger partial charge in [0.2, 0.25) is 5.91 Å². The predicted octanol–water partition coefficient (Wildman–Crippen LogP) is 1.24. The van der Waals surface area contributed by atoms with E-state index in [4.69, 9.17) is 11.6 Å². The van der Waals surface area contributed by atoms with Crippen LogP contribution in [0.4, 0.5) is 4.39 Å². The molecule has 1 aromatic heterocycles. The van der Waals surface area contributed by atoms with Crippen LogP contribution in [0.1, 0.15) is 12.0 Å². The van der Waals surface area contributed by atoms with Crippen molar-refractivity contribution < 1.29 is 9.18 Å². The number of hydrogen-bond donors (Lipinski definition) is 2. The standard InChI is InChI=1S/C14H15ClFN5O/c15-10-1-2-13(21-8-17-7-20-21)9(3-10)5-19-14(22)12-4-11(16)6-18-12/h1-3,7-8,11-12,18H,4-6H2,(H,19,22)/t11-,12+/m1/s1. The smallest absolute Gasteiger partial charge is 0.237 e. The van der Waals surface area contributed by atoms with E-state index >= 15 is 0 Å². The van der Waals surface area contributed by atoms with E-state index in [0.29, 0.717) is 5.02 Å². The van der Waals surface area contributed by atoms with Gasteiger partial charge in [0.15, 0.2) is 0 Å². The number of rotatable bonds is 4. The largest absolute Gasteiger partial charge is 0.351 e. The van der Waals surface area contributed by atoms with Gasteiger partial charge in [-0.3, -0.25) is 4.79 Å². The Balaban J connectivity index is 1.72. The molecule has 1 amide bonds.